The number of benzene rings is 1. The fourth-order valence-corrected chi connectivity index (χ4v) is 7.57. The number of carboxylic acid groups (broad SMARTS) is 1. The zero-order chi connectivity index (χ0) is 28.5. The van der Waals surface area contributed by atoms with Crippen LogP contribution in [-0.4, -0.2) is 98.1 Å². The highest BCUT2D eigenvalue weighted by Gasteiger charge is 2.55. The number of aryl methyl sites for hydroxylation is 1. The monoisotopic (exact) mass is 619 g/mol. The topological polar surface area (TPSA) is 245 Å². The lowest BCUT2D eigenvalue weighted by atomic mass is 10.0. The zero-order valence-electron chi connectivity index (χ0n) is 19.6. The molecule has 20 heteroatoms. The van der Waals surface area contributed by atoms with Crippen LogP contribution in [0.5, 0.6) is 0 Å². The average molecular weight is 620 g/mol. The number of nitrogens with two attached hydrogens (primary N) is 1. The molecule has 1 aromatic carbocycles. The Morgan fingerprint density at radius 2 is 1.92 bits per heavy atom. The van der Waals surface area contributed by atoms with Crippen LogP contribution in [0.25, 0.3) is 0 Å². The molecule has 3 atom stereocenters. The summed E-state index contributed by atoms with van der Waals surface area (Å²) in [6.45, 7) is -0.116. The number of primary sulfonamides is 1. The Morgan fingerprint density at radius 3 is 2.54 bits per heavy atom. The number of aliphatic carboxylic acids is 1. The molecule has 2 aliphatic heterocycles. The van der Waals surface area contributed by atoms with Gasteiger partial charge in [-0.2, -0.15) is 8.42 Å². The van der Waals surface area contributed by atoms with Crippen molar-refractivity contribution in [2.24, 2.45) is 5.14 Å². The number of thioether (sulfide) groups is 2. The fourth-order valence-electron chi connectivity index (χ4n) is 3.92. The Labute approximate surface area is 230 Å². The molecule has 3 heterocycles. The van der Waals surface area contributed by atoms with Crippen LogP contribution in [0, 0.1) is 0 Å². The molecule has 0 radical (unpaired) electrons. The molecule has 2 unspecified atom stereocenters. The Morgan fingerprint density at radius 1 is 1.23 bits per heavy atom. The molecule has 0 saturated carbocycles. The van der Waals surface area contributed by atoms with Crippen LogP contribution in [0.4, 0.5) is 0 Å². The minimum atomic E-state index is -4.88. The summed E-state index contributed by atoms with van der Waals surface area (Å²) in [6.07, 6.45) is 0. The summed E-state index contributed by atoms with van der Waals surface area (Å²) in [5.74, 6) is -3.49. The molecule has 0 bridgehead atoms. The number of nitrogens with zero attached hydrogens (tertiary/aromatic N) is 5. The number of carboxylic acids is 1. The number of hydrogen-bond donors (Lipinski definition) is 4. The number of tetrazole rings is 1. The Hall–Kier alpha value is -3.04. The number of hydrogen-bond acceptors (Lipinski definition) is 12. The largest absolute Gasteiger partial charge is 0.477 e. The summed E-state index contributed by atoms with van der Waals surface area (Å²) < 4.78 is 57.2. The number of carbonyl (C=O) groups is 3. The summed E-state index contributed by atoms with van der Waals surface area (Å²) >= 11 is 2.19. The molecule has 2 aromatic rings. The summed E-state index contributed by atoms with van der Waals surface area (Å²) in [7, 11) is -8.65. The number of rotatable bonds is 11. The fraction of sp³-hybridized carbons (Fsp3) is 0.368. The van der Waals surface area contributed by atoms with E-state index < -0.39 is 60.3 Å². The van der Waals surface area contributed by atoms with Gasteiger partial charge in [0.2, 0.25) is 21.1 Å². The lowest BCUT2D eigenvalue weighted by Crippen LogP contribution is -2.71. The molecule has 5 N–H and O–H groups in total. The Balaban J connectivity index is 1.48. The molecule has 1 fully saturated rings. The third-order valence-corrected chi connectivity index (χ3v) is 9.86. The minimum absolute atomic E-state index is 0.00531. The molecule has 0 aliphatic carbocycles. The highest BCUT2D eigenvalue weighted by Crippen LogP contribution is 2.41. The smallest absolute Gasteiger partial charge is 0.352 e. The number of β-lactam (4-membered cyclic amide) rings is 1. The number of amides is 2. The van der Waals surface area contributed by atoms with Crippen molar-refractivity contribution in [1.82, 2.24) is 30.4 Å². The van der Waals surface area contributed by atoms with Gasteiger partial charge in [0.1, 0.15) is 17.1 Å². The van der Waals surface area contributed by atoms with Gasteiger partial charge >= 0.3 is 5.97 Å². The van der Waals surface area contributed by atoms with Gasteiger partial charge in [0.05, 0.1) is 12.3 Å². The van der Waals surface area contributed by atoms with E-state index in [0.29, 0.717) is 5.57 Å². The van der Waals surface area contributed by atoms with Crippen molar-refractivity contribution in [2.75, 3.05) is 17.3 Å². The van der Waals surface area contributed by atoms with E-state index in [4.69, 9.17) is 5.14 Å². The maximum atomic E-state index is 12.9. The first-order valence-corrected chi connectivity index (χ1v) is 16.1. The number of fused-ring (bicyclic) bond motifs is 1. The van der Waals surface area contributed by atoms with Gasteiger partial charge < -0.3 is 10.4 Å². The van der Waals surface area contributed by atoms with E-state index in [1.807, 2.05) is 0 Å². The predicted molar refractivity (Wildman–Crippen MR) is 137 cm³/mol. The molecule has 1 aromatic heterocycles. The summed E-state index contributed by atoms with van der Waals surface area (Å²) in [6, 6.07) is 6.01. The van der Waals surface area contributed by atoms with Gasteiger partial charge in [0.25, 0.3) is 16.0 Å². The van der Waals surface area contributed by atoms with Crippen molar-refractivity contribution in [1.29, 1.82) is 0 Å². The van der Waals surface area contributed by atoms with E-state index in [1.165, 1.54) is 28.9 Å². The van der Waals surface area contributed by atoms with Crippen LogP contribution < -0.4 is 10.5 Å². The van der Waals surface area contributed by atoms with Crippen molar-refractivity contribution in [3.63, 3.8) is 0 Å². The van der Waals surface area contributed by atoms with Crippen LogP contribution in [-0.2, 0) is 41.1 Å². The lowest BCUT2D eigenvalue weighted by Gasteiger charge is -2.49. The molecular weight excluding hydrogens is 599 g/mol. The van der Waals surface area contributed by atoms with E-state index in [9.17, 15) is 40.9 Å². The summed E-state index contributed by atoms with van der Waals surface area (Å²) in [5.41, 5.74) is 0.0573. The second kappa shape index (κ2) is 11.2. The molecule has 2 aliphatic rings. The molecule has 1 saturated heterocycles. The SMILES string of the molecule is NS(=O)(=O)CCn1nnnc1SCC1=C(C(=O)O)N2C(=O)C(NC(=O)C(c3ccccc3)S(=O)(=O)O)[C@H]2SC1. The van der Waals surface area contributed by atoms with Gasteiger partial charge in [-0.15, -0.1) is 16.9 Å². The highest BCUT2D eigenvalue weighted by atomic mass is 32.2. The van der Waals surface area contributed by atoms with E-state index in [2.05, 4.69) is 20.8 Å². The molecule has 2 amide bonds. The second-order valence-electron chi connectivity index (χ2n) is 8.30. The average Bonchev–Trinajstić information content (AvgIpc) is 3.31. The standard InChI is InChI=1S/C19H21N7O9S4/c20-38(31,32)7-6-25-19(22-23-24-25)37-9-11-8-36-17-12(16(28)26(17)13(11)18(29)30)21-15(27)14(39(33,34)35)10-4-2-1-3-5-10/h1-5,12,14,17H,6-9H2,(H,21,27)(H,29,30)(H2,20,31,32)(H,33,34,35)/t12?,14?,17-/m1/s1. The highest BCUT2D eigenvalue weighted by molar-refractivity contribution is 8.01. The lowest BCUT2D eigenvalue weighted by molar-refractivity contribution is -0.150. The molecular formula is C19H21N7O9S4. The van der Waals surface area contributed by atoms with Gasteiger partial charge in [-0.1, -0.05) is 42.1 Å². The first kappa shape index (κ1) is 29.0. The first-order chi connectivity index (χ1) is 18.3. The van der Waals surface area contributed by atoms with E-state index in [0.717, 1.165) is 28.4 Å². The number of nitrogens with one attached hydrogen (secondary N) is 1. The van der Waals surface area contributed by atoms with Crippen molar-refractivity contribution in [3.05, 3.63) is 47.2 Å². The van der Waals surface area contributed by atoms with Crippen molar-refractivity contribution in [3.8, 4) is 0 Å². The van der Waals surface area contributed by atoms with Crippen molar-refractivity contribution >= 4 is 61.4 Å². The number of aromatic nitrogens is 4. The number of sulfonamides is 1. The van der Waals surface area contributed by atoms with Gasteiger partial charge in [0.15, 0.2) is 5.25 Å². The zero-order valence-corrected chi connectivity index (χ0v) is 22.9. The summed E-state index contributed by atoms with van der Waals surface area (Å²) in [5, 5.41) is 25.6. The van der Waals surface area contributed by atoms with Crippen LogP contribution in [0.2, 0.25) is 0 Å². The van der Waals surface area contributed by atoms with E-state index in [1.54, 1.807) is 6.07 Å². The van der Waals surface area contributed by atoms with Crippen molar-refractivity contribution in [2.45, 2.75) is 28.4 Å². The first-order valence-electron chi connectivity index (χ1n) is 10.9. The van der Waals surface area contributed by atoms with Crippen LogP contribution in [0.1, 0.15) is 10.8 Å². The Kier molecular flexibility index (Phi) is 8.33. The minimum Gasteiger partial charge on any atom is -0.477 e. The Bertz CT molecular complexity index is 1540. The summed E-state index contributed by atoms with van der Waals surface area (Å²) in [4.78, 5) is 38.9. The van der Waals surface area contributed by atoms with Gasteiger partial charge in [-0.25, -0.2) is 23.0 Å². The maximum Gasteiger partial charge on any atom is 0.352 e. The van der Waals surface area contributed by atoms with Crippen LogP contribution in [0.15, 0.2) is 46.8 Å². The molecule has 210 valence electrons. The normalized spacial score (nSPS) is 20.3. The molecule has 39 heavy (non-hydrogen) atoms. The maximum absolute atomic E-state index is 12.9. The van der Waals surface area contributed by atoms with E-state index >= 15 is 0 Å². The second-order valence-corrected chi connectivity index (χ2v) is 13.6. The van der Waals surface area contributed by atoms with Gasteiger partial charge in [-0.3, -0.25) is 19.0 Å². The quantitative estimate of drug-likeness (QED) is 0.126. The van der Waals surface area contributed by atoms with E-state index in [-0.39, 0.29) is 34.5 Å². The van der Waals surface area contributed by atoms with Gasteiger partial charge in [0, 0.05) is 11.5 Å². The predicted octanol–water partition coefficient (Wildman–Crippen LogP) is -1.58. The van der Waals surface area contributed by atoms with Crippen LogP contribution >= 0.6 is 23.5 Å². The van der Waals surface area contributed by atoms with Crippen molar-refractivity contribution < 1.29 is 40.9 Å². The molecule has 0 spiro atoms. The molecule has 16 nitrogen and oxygen atoms in total. The third kappa shape index (κ3) is 6.41. The molecule has 4 rings (SSSR count). The number of carbonyl (C=O) groups excluding carboxylic acids is 2. The third-order valence-electron chi connectivity index (χ3n) is 5.65. The van der Waals surface area contributed by atoms with Gasteiger partial charge in [-0.05, 0) is 21.6 Å². The van der Waals surface area contributed by atoms with Crippen LogP contribution in [0.3, 0.4) is 0 Å².